The summed E-state index contributed by atoms with van der Waals surface area (Å²) in [5, 5.41) is 0. The zero-order valence-corrected chi connectivity index (χ0v) is 8.97. The van der Waals surface area contributed by atoms with Gasteiger partial charge in [0.25, 0.3) is 0 Å². The first-order valence-electron chi connectivity index (χ1n) is 5.65. The molecule has 0 aliphatic carbocycles. The summed E-state index contributed by atoms with van der Waals surface area (Å²) in [5.41, 5.74) is -0.961. The van der Waals surface area contributed by atoms with E-state index in [1.807, 2.05) is 0 Å². The van der Waals surface area contributed by atoms with E-state index in [4.69, 9.17) is 4.74 Å². The summed E-state index contributed by atoms with van der Waals surface area (Å²) in [6, 6.07) is 0. The van der Waals surface area contributed by atoms with Gasteiger partial charge in [-0.3, -0.25) is 4.90 Å². The Bertz CT molecular complexity index is 190. The van der Waals surface area contributed by atoms with Crippen LogP contribution in [-0.4, -0.2) is 43.4 Å². The number of nitrogens with zero attached hydrogens (tertiary/aromatic N) is 1. The van der Waals surface area contributed by atoms with Gasteiger partial charge in [0.2, 0.25) is 0 Å². The van der Waals surface area contributed by atoms with E-state index < -0.39 is 5.67 Å². The van der Waals surface area contributed by atoms with E-state index in [0.717, 1.165) is 45.6 Å². The Kier molecular flexibility index (Phi) is 3.07. The Morgan fingerprint density at radius 1 is 1.57 bits per heavy atom. The predicted molar refractivity (Wildman–Crippen MR) is 54.1 cm³/mol. The summed E-state index contributed by atoms with van der Waals surface area (Å²) in [6.07, 6.45) is 2.88. The van der Waals surface area contributed by atoms with Crippen LogP contribution in [0.5, 0.6) is 0 Å². The Morgan fingerprint density at radius 2 is 2.43 bits per heavy atom. The molecule has 0 aromatic carbocycles. The Balaban J connectivity index is 1.79. The summed E-state index contributed by atoms with van der Waals surface area (Å²) < 4.78 is 19.1. The van der Waals surface area contributed by atoms with Gasteiger partial charge < -0.3 is 4.74 Å². The standard InChI is InChI=1S/C11H20FNO/c1-11(12)4-2-5-13(9-11)7-10-3-6-14-8-10/h10H,2-9H2,1H3/t10-,11-/m0/s1. The molecular weight excluding hydrogens is 181 g/mol. The van der Waals surface area contributed by atoms with Crippen LogP contribution in [-0.2, 0) is 4.74 Å². The molecule has 0 N–H and O–H groups in total. The predicted octanol–water partition coefficient (Wildman–Crippen LogP) is 1.85. The van der Waals surface area contributed by atoms with Crippen molar-refractivity contribution in [1.29, 1.82) is 0 Å². The van der Waals surface area contributed by atoms with Gasteiger partial charge in [-0.2, -0.15) is 0 Å². The van der Waals surface area contributed by atoms with E-state index >= 15 is 0 Å². The van der Waals surface area contributed by atoms with Crippen LogP contribution >= 0.6 is 0 Å². The number of halogens is 1. The van der Waals surface area contributed by atoms with E-state index in [-0.39, 0.29) is 0 Å². The molecule has 0 aromatic rings. The number of hydrogen-bond acceptors (Lipinski definition) is 2. The normalized spacial score (nSPS) is 40.3. The van der Waals surface area contributed by atoms with Crippen molar-refractivity contribution in [2.45, 2.75) is 31.9 Å². The Labute approximate surface area is 85.4 Å². The minimum atomic E-state index is -0.961. The summed E-state index contributed by atoms with van der Waals surface area (Å²) >= 11 is 0. The van der Waals surface area contributed by atoms with Crippen LogP contribution < -0.4 is 0 Å². The molecule has 2 aliphatic rings. The van der Waals surface area contributed by atoms with Crippen molar-refractivity contribution in [3.05, 3.63) is 0 Å². The molecule has 2 rings (SSSR count). The number of hydrogen-bond donors (Lipinski definition) is 0. The summed E-state index contributed by atoms with van der Waals surface area (Å²) in [5.74, 6) is 0.642. The smallest absolute Gasteiger partial charge is 0.120 e. The molecule has 0 amide bonds. The van der Waals surface area contributed by atoms with Crippen LogP contribution in [0.25, 0.3) is 0 Å². The quantitative estimate of drug-likeness (QED) is 0.676. The molecule has 0 radical (unpaired) electrons. The molecule has 2 saturated heterocycles. The lowest BCUT2D eigenvalue weighted by Crippen LogP contribution is -2.45. The Morgan fingerprint density at radius 3 is 3.07 bits per heavy atom. The van der Waals surface area contributed by atoms with Gasteiger partial charge in [-0.25, -0.2) is 4.39 Å². The second-order valence-electron chi connectivity index (χ2n) is 4.98. The van der Waals surface area contributed by atoms with E-state index in [9.17, 15) is 4.39 Å². The summed E-state index contributed by atoms with van der Waals surface area (Å²) in [7, 11) is 0. The van der Waals surface area contributed by atoms with Gasteiger partial charge >= 0.3 is 0 Å². The third-order valence-electron chi connectivity index (χ3n) is 3.27. The van der Waals surface area contributed by atoms with E-state index in [1.165, 1.54) is 0 Å². The molecule has 2 aliphatic heterocycles. The topological polar surface area (TPSA) is 12.5 Å². The van der Waals surface area contributed by atoms with Crippen LogP contribution in [0.3, 0.4) is 0 Å². The zero-order chi connectivity index (χ0) is 10.0. The lowest BCUT2D eigenvalue weighted by molar-refractivity contribution is 0.0498. The number of piperidine rings is 1. The molecule has 0 unspecified atom stereocenters. The highest BCUT2D eigenvalue weighted by Crippen LogP contribution is 2.26. The van der Waals surface area contributed by atoms with Gasteiger partial charge in [0.1, 0.15) is 5.67 Å². The van der Waals surface area contributed by atoms with Crippen LogP contribution in [0.15, 0.2) is 0 Å². The molecular formula is C11H20FNO. The van der Waals surface area contributed by atoms with Crippen LogP contribution in [0.1, 0.15) is 26.2 Å². The van der Waals surface area contributed by atoms with Gasteiger partial charge in [-0.05, 0) is 38.6 Å². The molecule has 2 fully saturated rings. The van der Waals surface area contributed by atoms with Gasteiger partial charge in [0.15, 0.2) is 0 Å². The van der Waals surface area contributed by atoms with Crippen molar-refractivity contribution in [3.63, 3.8) is 0 Å². The minimum Gasteiger partial charge on any atom is -0.381 e. The molecule has 2 heterocycles. The maximum absolute atomic E-state index is 13.7. The molecule has 3 heteroatoms. The lowest BCUT2D eigenvalue weighted by Gasteiger charge is -2.36. The maximum Gasteiger partial charge on any atom is 0.120 e. The van der Waals surface area contributed by atoms with Crippen molar-refractivity contribution < 1.29 is 9.13 Å². The first-order chi connectivity index (χ1) is 6.66. The van der Waals surface area contributed by atoms with Gasteiger partial charge in [0.05, 0.1) is 6.61 Å². The molecule has 2 atom stereocenters. The fourth-order valence-electron chi connectivity index (χ4n) is 2.54. The number of likely N-dealkylation sites (tertiary alicyclic amines) is 1. The zero-order valence-electron chi connectivity index (χ0n) is 8.97. The highest BCUT2D eigenvalue weighted by Gasteiger charge is 2.31. The highest BCUT2D eigenvalue weighted by molar-refractivity contribution is 4.84. The number of ether oxygens (including phenoxy) is 1. The van der Waals surface area contributed by atoms with Crippen molar-refractivity contribution in [1.82, 2.24) is 4.90 Å². The number of rotatable bonds is 2. The second-order valence-corrected chi connectivity index (χ2v) is 4.98. The van der Waals surface area contributed by atoms with Gasteiger partial charge in [-0.15, -0.1) is 0 Å². The molecule has 82 valence electrons. The third-order valence-corrected chi connectivity index (χ3v) is 3.27. The molecule has 14 heavy (non-hydrogen) atoms. The Hall–Kier alpha value is -0.150. The van der Waals surface area contributed by atoms with Crippen LogP contribution in [0.4, 0.5) is 4.39 Å². The summed E-state index contributed by atoms with van der Waals surface area (Å²) in [4.78, 5) is 2.27. The van der Waals surface area contributed by atoms with Gasteiger partial charge in [-0.1, -0.05) is 0 Å². The minimum absolute atomic E-state index is 0.615. The van der Waals surface area contributed by atoms with Crippen molar-refractivity contribution in [3.8, 4) is 0 Å². The van der Waals surface area contributed by atoms with E-state index in [2.05, 4.69) is 4.90 Å². The second kappa shape index (κ2) is 4.15. The fourth-order valence-corrected chi connectivity index (χ4v) is 2.54. The van der Waals surface area contributed by atoms with Crippen LogP contribution in [0, 0.1) is 5.92 Å². The molecule has 2 nitrogen and oxygen atoms in total. The van der Waals surface area contributed by atoms with E-state index in [1.54, 1.807) is 6.92 Å². The average Bonchev–Trinajstić information content (AvgIpc) is 2.54. The molecule has 0 aromatic heterocycles. The molecule has 0 bridgehead atoms. The summed E-state index contributed by atoms with van der Waals surface area (Å²) in [6.45, 7) is 6.20. The highest BCUT2D eigenvalue weighted by atomic mass is 19.1. The van der Waals surface area contributed by atoms with Crippen molar-refractivity contribution >= 4 is 0 Å². The van der Waals surface area contributed by atoms with Crippen molar-refractivity contribution in [2.75, 3.05) is 32.8 Å². The van der Waals surface area contributed by atoms with Crippen LogP contribution in [0.2, 0.25) is 0 Å². The van der Waals surface area contributed by atoms with Gasteiger partial charge in [0, 0.05) is 19.7 Å². The average molecular weight is 201 g/mol. The SMILES string of the molecule is C[C@]1(F)CCCN(C[C@@H]2CCOC2)C1. The first kappa shape index (κ1) is 10.4. The van der Waals surface area contributed by atoms with Crippen molar-refractivity contribution in [2.24, 2.45) is 5.92 Å². The lowest BCUT2D eigenvalue weighted by atomic mass is 9.96. The number of alkyl halides is 1. The molecule has 0 spiro atoms. The first-order valence-corrected chi connectivity index (χ1v) is 5.65. The fraction of sp³-hybridized carbons (Fsp3) is 1.00. The van der Waals surface area contributed by atoms with E-state index in [0.29, 0.717) is 12.5 Å². The maximum atomic E-state index is 13.7. The molecule has 0 saturated carbocycles. The largest absolute Gasteiger partial charge is 0.381 e. The third kappa shape index (κ3) is 2.67. The monoisotopic (exact) mass is 201 g/mol.